The van der Waals surface area contributed by atoms with E-state index in [0.717, 1.165) is 6.07 Å². The number of rotatable bonds is 3. The Morgan fingerprint density at radius 3 is 2.75 bits per heavy atom. The van der Waals surface area contributed by atoms with Gasteiger partial charge in [0, 0.05) is 6.54 Å². The molecule has 1 aliphatic heterocycles. The topological polar surface area (TPSA) is 66.8 Å². The molecule has 0 aromatic heterocycles. The van der Waals surface area contributed by atoms with Crippen LogP contribution in [-0.2, 0) is 21.4 Å². The number of hydrogen-bond acceptors (Lipinski definition) is 4. The fourth-order valence-corrected chi connectivity index (χ4v) is 4.12. The number of halogens is 1. The van der Waals surface area contributed by atoms with Crippen molar-refractivity contribution in [3.8, 4) is 0 Å². The fraction of sp³-hybridized carbons (Fsp3) is 0.538. The molecule has 2 rings (SSSR count). The molecular formula is C13H18FNO4S. The van der Waals surface area contributed by atoms with E-state index in [0.29, 0.717) is 5.56 Å². The molecule has 0 amide bonds. The van der Waals surface area contributed by atoms with Crippen molar-refractivity contribution in [3.05, 3.63) is 29.6 Å². The van der Waals surface area contributed by atoms with Gasteiger partial charge in [-0.3, -0.25) is 0 Å². The van der Waals surface area contributed by atoms with Crippen LogP contribution in [-0.4, -0.2) is 43.1 Å². The van der Waals surface area contributed by atoms with Crippen LogP contribution in [0.2, 0.25) is 0 Å². The lowest BCUT2D eigenvalue weighted by Crippen LogP contribution is -2.55. The molecule has 7 heteroatoms. The number of benzene rings is 1. The molecule has 1 aromatic carbocycles. The molecule has 112 valence electrons. The monoisotopic (exact) mass is 303 g/mol. The minimum atomic E-state index is -3.97. The molecule has 0 spiro atoms. The molecule has 1 heterocycles. The van der Waals surface area contributed by atoms with Gasteiger partial charge >= 0.3 is 0 Å². The lowest BCUT2D eigenvalue weighted by Gasteiger charge is -2.40. The van der Waals surface area contributed by atoms with E-state index >= 15 is 0 Å². The Kier molecular flexibility index (Phi) is 4.15. The van der Waals surface area contributed by atoms with Gasteiger partial charge in [-0.25, -0.2) is 12.8 Å². The zero-order chi connectivity index (χ0) is 15.0. The highest BCUT2D eigenvalue weighted by atomic mass is 32.2. The van der Waals surface area contributed by atoms with Gasteiger partial charge in [-0.15, -0.1) is 0 Å². The van der Waals surface area contributed by atoms with Crippen molar-refractivity contribution in [2.45, 2.75) is 30.9 Å². The minimum absolute atomic E-state index is 0.179. The second-order valence-electron chi connectivity index (χ2n) is 5.37. The van der Waals surface area contributed by atoms with Gasteiger partial charge in [-0.2, -0.15) is 4.31 Å². The lowest BCUT2D eigenvalue weighted by atomic mass is 10.1. The Hall–Kier alpha value is -1.02. The molecule has 5 nitrogen and oxygen atoms in total. The number of morpholine rings is 1. The van der Waals surface area contributed by atoms with Crippen LogP contribution in [0, 0.1) is 5.82 Å². The maximum absolute atomic E-state index is 13.9. The van der Waals surface area contributed by atoms with E-state index in [9.17, 15) is 12.8 Å². The summed E-state index contributed by atoms with van der Waals surface area (Å²) in [5.41, 5.74) is -0.380. The molecule has 1 saturated heterocycles. The van der Waals surface area contributed by atoms with Crippen molar-refractivity contribution >= 4 is 10.0 Å². The summed E-state index contributed by atoms with van der Waals surface area (Å²) < 4.78 is 45.7. The van der Waals surface area contributed by atoms with Gasteiger partial charge in [0.15, 0.2) is 0 Å². The highest BCUT2D eigenvalue weighted by Crippen LogP contribution is 2.29. The SMILES string of the molecule is CC1(C)COCCN1S(=O)(=O)c1cc(CO)ccc1F. The van der Waals surface area contributed by atoms with Gasteiger partial charge in [-0.1, -0.05) is 6.07 Å². The molecule has 1 fully saturated rings. The Balaban J connectivity index is 2.49. The van der Waals surface area contributed by atoms with Gasteiger partial charge in [0.25, 0.3) is 0 Å². The Morgan fingerprint density at radius 2 is 2.15 bits per heavy atom. The summed E-state index contributed by atoms with van der Waals surface area (Å²) in [6.45, 7) is 3.85. The van der Waals surface area contributed by atoms with Crippen molar-refractivity contribution in [2.75, 3.05) is 19.8 Å². The van der Waals surface area contributed by atoms with Crippen LogP contribution in [0.3, 0.4) is 0 Å². The summed E-state index contributed by atoms with van der Waals surface area (Å²) in [6, 6.07) is 3.60. The van der Waals surface area contributed by atoms with Crippen molar-refractivity contribution in [3.63, 3.8) is 0 Å². The first-order chi connectivity index (χ1) is 9.29. The maximum Gasteiger partial charge on any atom is 0.246 e. The summed E-state index contributed by atoms with van der Waals surface area (Å²) in [7, 11) is -3.97. The van der Waals surface area contributed by atoms with Crippen LogP contribution in [0.15, 0.2) is 23.1 Å². The Morgan fingerprint density at radius 1 is 1.45 bits per heavy atom. The third-order valence-corrected chi connectivity index (χ3v) is 5.44. The average molecular weight is 303 g/mol. The van der Waals surface area contributed by atoms with Crippen LogP contribution in [0.1, 0.15) is 19.4 Å². The molecule has 0 atom stereocenters. The Labute approximate surface area is 118 Å². The first-order valence-electron chi connectivity index (χ1n) is 6.29. The maximum atomic E-state index is 13.9. The van der Waals surface area contributed by atoms with Crippen LogP contribution in [0.5, 0.6) is 0 Å². The van der Waals surface area contributed by atoms with E-state index in [1.54, 1.807) is 13.8 Å². The number of aliphatic hydroxyl groups is 1. The zero-order valence-electron chi connectivity index (χ0n) is 11.5. The molecule has 0 saturated carbocycles. The second-order valence-corrected chi connectivity index (χ2v) is 7.20. The average Bonchev–Trinajstić information content (AvgIpc) is 2.38. The molecule has 20 heavy (non-hydrogen) atoms. The van der Waals surface area contributed by atoms with Gasteiger partial charge in [0.1, 0.15) is 10.7 Å². The van der Waals surface area contributed by atoms with Crippen molar-refractivity contribution in [1.82, 2.24) is 4.31 Å². The summed E-state index contributed by atoms with van der Waals surface area (Å²) in [5.74, 6) is -0.815. The first kappa shape index (κ1) is 15.4. The van der Waals surface area contributed by atoms with Gasteiger partial charge in [0.2, 0.25) is 10.0 Å². The van der Waals surface area contributed by atoms with Crippen molar-refractivity contribution in [1.29, 1.82) is 0 Å². The molecule has 1 aromatic rings. The van der Waals surface area contributed by atoms with Crippen LogP contribution in [0.25, 0.3) is 0 Å². The summed E-state index contributed by atoms with van der Waals surface area (Å²) >= 11 is 0. The molecule has 0 radical (unpaired) electrons. The van der Waals surface area contributed by atoms with E-state index in [4.69, 9.17) is 9.84 Å². The predicted molar refractivity (Wildman–Crippen MR) is 71.1 cm³/mol. The summed E-state index contributed by atoms with van der Waals surface area (Å²) in [5, 5.41) is 9.08. The molecular weight excluding hydrogens is 285 g/mol. The first-order valence-corrected chi connectivity index (χ1v) is 7.73. The second kappa shape index (κ2) is 5.40. The van der Waals surface area contributed by atoms with Crippen LogP contribution >= 0.6 is 0 Å². The summed E-state index contributed by atoms with van der Waals surface area (Å²) in [6.07, 6.45) is 0. The van der Waals surface area contributed by atoms with E-state index in [2.05, 4.69) is 0 Å². The molecule has 1 aliphatic rings. The van der Waals surface area contributed by atoms with Gasteiger partial charge < -0.3 is 9.84 Å². The number of hydrogen-bond donors (Lipinski definition) is 1. The van der Waals surface area contributed by atoms with E-state index in [-0.39, 0.29) is 26.4 Å². The molecule has 0 unspecified atom stereocenters. The highest BCUT2D eigenvalue weighted by molar-refractivity contribution is 7.89. The summed E-state index contributed by atoms with van der Waals surface area (Å²) in [4.78, 5) is -0.404. The smallest absolute Gasteiger partial charge is 0.246 e. The van der Waals surface area contributed by atoms with E-state index in [1.165, 1.54) is 16.4 Å². The number of nitrogens with zero attached hydrogens (tertiary/aromatic N) is 1. The van der Waals surface area contributed by atoms with Gasteiger partial charge in [0.05, 0.1) is 25.4 Å². The van der Waals surface area contributed by atoms with Crippen molar-refractivity contribution in [2.24, 2.45) is 0 Å². The van der Waals surface area contributed by atoms with Crippen molar-refractivity contribution < 1.29 is 22.7 Å². The standard InChI is InChI=1S/C13H18FNO4S/c1-13(2)9-19-6-5-15(13)20(17,18)12-7-10(8-16)3-4-11(12)14/h3-4,7,16H,5-6,8-9H2,1-2H3. The van der Waals surface area contributed by atoms with Crippen LogP contribution < -0.4 is 0 Å². The van der Waals surface area contributed by atoms with E-state index < -0.39 is 26.3 Å². The third kappa shape index (κ3) is 2.71. The number of sulfonamides is 1. The normalized spacial score (nSPS) is 20.0. The van der Waals surface area contributed by atoms with Crippen LogP contribution in [0.4, 0.5) is 4.39 Å². The zero-order valence-corrected chi connectivity index (χ0v) is 12.3. The Bertz CT molecular complexity index is 600. The number of ether oxygens (including phenoxy) is 1. The largest absolute Gasteiger partial charge is 0.392 e. The lowest BCUT2D eigenvalue weighted by molar-refractivity contribution is -0.00779. The molecule has 0 bridgehead atoms. The van der Waals surface area contributed by atoms with Gasteiger partial charge in [-0.05, 0) is 31.5 Å². The quantitative estimate of drug-likeness (QED) is 0.908. The number of aliphatic hydroxyl groups excluding tert-OH is 1. The third-order valence-electron chi connectivity index (χ3n) is 3.32. The minimum Gasteiger partial charge on any atom is -0.392 e. The predicted octanol–water partition coefficient (Wildman–Crippen LogP) is 1.12. The van der Waals surface area contributed by atoms with E-state index in [1.807, 2.05) is 0 Å². The molecule has 0 aliphatic carbocycles. The fourth-order valence-electron chi connectivity index (χ4n) is 2.25. The molecule has 1 N–H and O–H groups in total. The highest BCUT2D eigenvalue weighted by Gasteiger charge is 2.40.